The molecule has 2 amide bonds. The van der Waals surface area contributed by atoms with Gasteiger partial charge >= 0.3 is 6.03 Å². The molecule has 2 aromatic rings. The number of nitrogens with zero attached hydrogens (tertiary/aromatic N) is 3. The van der Waals surface area contributed by atoms with Gasteiger partial charge in [-0.3, -0.25) is 0 Å². The zero-order valence-electron chi connectivity index (χ0n) is 14.1. The fourth-order valence-electron chi connectivity index (χ4n) is 3.64. The standard InChI is InChI=1S/C18H22N4O2/c1-13-3-4-16(14(2)9-13)22-11-15(10-19-22)20-17(23)21-7-5-18(21)6-8-24-12-18/h3-4,9-11H,5-8,12H2,1-2H3,(H,20,23). The number of aromatic nitrogens is 2. The molecule has 2 saturated heterocycles. The fourth-order valence-corrected chi connectivity index (χ4v) is 3.64. The molecule has 2 fully saturated rings. The lowest BCUT2D eigenvalue weighted by Crippen LogP contribution is -2.63. The Morgan fingerprint density at radius 3 is 2.88 bits per heavy atom. The van der Waals surface area contributed by atoms with Gasteiger partial charge in [0.05, 0.1) is 35.9 Å². The highest BCUT2D eigenvalue weighted by atomic mass is 16.5. The number of carbonyl (C=O) groups excluding carboxylic acids is 1. The molecule has 1 spiro atoms. The lowest BCUT2D eigenvalue weighted by molar-refractivity contribution is 0.0197. The summed E-state index contributed by atoms with van der Waals surface area (Å²) in [7, 11) is 0. The van der Waals surface area contributed by atoms with E-state index in [0.717, 1.165) is 37.2 Å². The van der Waals surface area contributed by atoms with Crippen LogP contribution in [0.1, 0.15) is 24.0 Å². The average Bonchev–Trinajstić information content (AvgIpc) is 3.16. The number of benzene rings is 1. The highest BCUT2D eigenvalue weighted by Crippen LogP contribution is 2.38. The van der Waals surface area contributed by atoms with Crippen LogP contribution in [-0.2, 0) is 4.74 Å². The third kappa shape index (κ3) is 2.47. The van der Waals surface area contributed by atoms with Gasteiger partial charge < -0.3 is 15.0 Å². The van der Waals surface area contributed by atoms with Crippen molar-refractivity contribution in [2.75, 3.05) is 25.1 Å². The largest absolute Gasteiger partial charge is 0.379 e. The van der Waals surface area contributed by atoms with Gasteiger partial charge in [0.1, 0.15) is 0 Å². The number of hydrogen-bond acceptors (Lipinski definition) is 3. The lowest BCUT2D eigenvalue weighted by atomic mass is 9.84. The molecule has 4 rings (SSSR count). The molecule has 0 bridgehead atoms. The summed E-state index contributed by atoms with van der Waals surface area (Å²) in [5.41, 5.74) is 4.03. The zero-order chi connectivity index (χ0) is 16.7. The Bertz CT molecular complexity index is 777. The van der Waals surface area contributed by atoms with Gasteiger partial charge in [-0.2, -0.15) is 5.10 Å². The number of nitrogens with one attached hydrogen (secondary N) is 1. The Morgan fingerprint density at radius 1 is 1.33 bits per heavy atom. The van der Waals surface area contributed by atoms with Crippen LogP contribution in [0.25, 0.3) is 5.69 Å². The van der Waals surface area contributed by atoms with E-state index in [1.54, 1.807) is 10.9 Å². The Balaban J connectivity index is 1.48. The van der Waals surface area contributed by atoms with Crippen LogP contribution in [0.3, 0.4) is 0 Å². The zero-order valence-corrected chi connectivity index (χ0v) is 14.1. The molecule has 6 heteroatoms. The number of likely N-dealkylation sites (tertiary alicyclic amines) is 1. The van der Waals surface area contributed by atoms with E-state index in [-0.39, 0.29) is 11.6 Å². The summed E-state index contributed by atoms with van der Waals surface area (Å²) < 4.78 is 7.28. The second-order valence-electron chi connectivity index (χ2n) is 6.82. The van der Waals surface area contributed by atoms with Crippen molar-refractivity contribution in [1.82, 2.24) is 14.7 Å². The SMILES string of the molecule is Cc1ccc(-n2cc(NC(=O)N3CCC34CCOC4)cn2)c(C)c1. The Hall–Kier alpha value is -2.34. The van der Waals surface area contributed by atoms with E-state index >= 15 is 0 Å². The average molecular weight is 326 g/mol. The highest BCUT2D eigenvalue weighted by Gasteiger charge is 2.50. The first-order chi connectivity index (χ1) is 11.6. The van der Waals surface area contributed by atoms with Crippen molar-refractivity contribution in [3.63, 3.8) is 0 Å². The first-order valence-corrected chi connectivity index (χ1v) is 8.36. The number of hydrogen-bond donors (Lipinski definition) is 1. The van der Waals surface area contributed by atoms with E-state index in [4.69, 9.17) is 4.74 Å². The molecule has 1 atom stereocenters. The summed E-state index contributed by atoms with van der Waals surface area (Å²) in [6.45, 7) is 6.32. The van der Waals surface area contributed by atoms with Crippen LogP contribution in [0.5, 0.6) is 0 Å². The van der Waals surface area contributed by atoms with E-state index in [0.29, 0.717) is 12.3 Å². The molecular formula is C18H22N4O2. The first kappa shape index (κ1) is 15.2. The quantitative estimate of drug-likeness (QED) is 0.923. The topological polar surface area (TPSA) is 59.4 Å². The number of carbonyl (C=O) groups is 1. The van der Waals surface area contributed by atoms with Crippen LogP contribution in [0, 0.1) is 13.8 Å². The van der Waals surface area contributed by atoms with E-state index in [2.05, 4.69) is 36.4 Å². The molecule has 1 aromatic heterocycles. The van der Waals surface area contributed by atoms with Crippen molar-refractivity contribution in [2.24, 2.45) is 0 Å². The second kappa shape index (κ2) is 5.63. The monoisotopic (exact) mass is 326 g/mol. The number of aryl methyl sites for hydroxylation is 2. The number of urea groups is 1. The second-order valence-corrected chi connectivity index (χ2v) is 6.82. The summed E-state index contributed by atoms with van der Waals surface area (Å²) in [5, 5.41) is 7.35. The maximum atomic E-state index is 12.5. The summed E-state index contributed by atoms with van der Waals surface area (Å²) >= 11 is 0. The van der Waals surface area contributed by atoms with Gasteiger partial charge in [0, 0.05) is 13.2 Å². The normalized spacial score (nSPS) is 22.7. The number of anilines is 1. The molecule has 24 heavy (non-hydrogen) atoms. The van der Waals surface area contributed by atoms with Gasteiger partial charge in [-0.15, -0.1) is 0 Å². The maximum Gasteiger partial charge on any atom is 0.322 e. The molecule has 0 aliphatic carbocycles. The molecule has 0 saturated carbocycles. The number of rotatable bonds is 2. The minimum Gasteiger partial charge on any atom is -0.379 e. The molecule has 1 unspecified atom stereocenters. The van der Waals surface area contributed by atoms with Crippen molar-refractivity contribution < 1.29 is 9.53 Å². The molecule has 2 aliphatic heterocycles. The van der Waals surface area contributed by atoms with Crippen LogP contribution in [0.15, 0.2) is 30.6 Å². The van der Waals surface area contributed by atoms with E-state index in [9.17, 15) is 4.79 Å². The van der Waals surface area contributed by atoms with E-state index in [1.165, 1.54) is 5.56 Å². The van der Waals surface area contributed by atoms with Gasteiger partial charge in [-0.05, 0) is 38.3 Å². The summed E-state index contributed by atoms with van der Waals surface area (Å²) in [4.78, 5) is 14.4. The number of ether oxygens (including phenoxy) is 1. The van der Waals surface area contributed by atoms with Gasteiger partial charge in [0.2, 0.25) is 0 Å². The third-order valence-electron chi connectivity index (χ3n) is 5.13. The first-order valence-electron chi connectivity index (χ1n) is 8.36. The molecular weight excluding hydrogens is 304 g/mol. The Labute approximate surface area is 141 Å². The van der Waals surface area contributed by atoms with E-state index in [1.807, 2.05) is 17.2 Å². The Morgan fingerprint density at radius 2 is 2.21 bits per heavy atom. The van der Waals surface area contributed by atoms with Gasteiger partial charge in [0.15, 0.2) is 0 Å². The van der Waals surface area contributed by atoms with Crippen molar-refractivity contribution in [2.45, 2.75) is 32.2 Å². The molecule has 6 nitrogen and oxygen atoms in total. The summed E-state index contributed by atoms with van der Waals surface area (Å²) in [6.07, 6.45) is 5.51. The van der Waals surface area contributed by atoms with Crippen LogP contribution >= 0.6 is 0 Å². The predicted octanol–water partition coefficient (Wildman–Crippen LogP) is 2.89. The molecule has 2 aliphatic rings. The van der Waals surface area contributed by atoms with Gasteiger partial charge in [-0.1, -0.05) is 17.7 Å². The highest BCUT2D eigenvalue weighted by molar-refractivity contribution is 5.90. The molecule has 126 valence electrons. The lowest BCUT2D eigenvalue weighted by Gasteiger charge is -2.49. The van der Waals surface area contributed by atoms with E-state index < -0.39 is 0 Å². The minimum atomic E-state index is -0.0758. The summed E-state index contributed by atoms with van der Waals surface area (Å²) in [6, 6.07) is 6.17. The van der Waals surface area contributed by atoms with Crippen molar-refractivity contribution in [3.05, 3.63) is 41.7 Å². The molecule has 3 heterocycles. The third-order valence-corrected chi connectivity index (χ3v) is 5.13. The molecule has 1 N–H and O–H groups in total. The van der Waals surface area contributed by atoms with Crippen LogP contribution in [0.2, 0.25) is 0 Å². The van der Waals surface area contributed by atoms with Crippen LogP contribution in [-0.4, -0.2) is 46.0 Å². The van der Waals surface area contributed by atoms with Crippen molar-refractivity contribution in [3.8, 4) is 5.69 Å². The molecule has 1 aromatic carbocycles. The Kier molecular flexibility index (Phi) is 3.57. The fraction of sp³-hybridized carbons (Fsp3) is 0.444. The van der Waals surface area contributed by atoms with Crippen molar-refractivity contribution in [1.29, 1.82) is 0 Å². The summed E-state index contributed by atoms with van der Waals surface area (Å²) in [5.74, 6) is 0. The number of amides is 2. The van der Waals surface area contributed by atoms with Crippen molar-refractivity contribution >= 4 is 11.7 Å². The smallest absolute Gasteiger partial charge is 0.322 e. The van der Waals surface area contributed by atoms with Gasteiger partial charge in [0.25, 0.3) is 0 Å². The van der Waals surface area contributed by atoms with Crippen LogP contribution in [0.4, 0.5) is 10.5 Å². The van der Waals surface area contributed by atoms with Gasteiger partial charge in [-0.25, -0.2) is 9.48 Å². The van der Waals surface area contributed by atoms with Crippen LogP contribution < -0.4 is 5.32 Å². The molecule has 0 radical (unpaired) electrons. The minimum absolute atomic E-state index is 0.0630. The maximum absolute atomic E-state index is 12.5. The predicted molar refractivity (Wildman–Crippen MR) is 91.5 cm³/mol.